The van der Waals surface area contributed by atoms with Crippen LogP contribution in [0.3, 0.4) is 0 Å². The normalized spacial score (nSPS) is 23.0. The number of carbonyl (C=O) groups is 1. The number of carbonyl (C=O) groups excluding carboxylic acids is 1. The van der Waals surface area contributed by atoms with Crippen molar-refractivity contribution in [1.29, 1.82) is 0 Å². The number of hydrogen-bond donors (Lipinski definition) is 1. The number of fused-ring (bicyclic) bond motifs is 1. The molecule has 2 aromatic rings. The van der Waals surface area contributed by atoms with Crippen molar-refractivity contribution < 1.29 is 9.53 Å². The molecule has 0 amide bonds. The maximum absolute atomic E-state index is 12.1. The number of tetrazole rings is 1. The molecule has 1 heterocycles. The van der Waals surface area contributed by atoms with E-state index in [2.05, 4.69) is 27.5 Å². The van der Waals surface area contributed by atoms with E-state index in [1.54, 1.807) is 0 Å². The van der Waals surface area contributed by atoms with Gasteiger partial charge in [-0.3, -0.25) is 0 Å². The van der Waals surface area contributed by atoms with Gasteiger partial charge in [0.05, 0.1) is 5.02 Å². The van der Waals surface area contributed by atoms with Crippen LogP contribution in [0.2, 0.25) is 10.0 Å². The van der Waals surface area contributed by atoms with Crippen molar-refractivity contribution in [2.45, 2.75) is 45.4 Å². The molecule has 0 aliphatic heterocycles. The average molecular weight is 381 g/mol. The van der Waals surface area contributed by atoms with E-state index in [-0.39, 0.29) is 22.0 Å². The highest BCUT2D eigenvalue weighted by Crippen LogP contribution is 2.52. The second kappa shape index (κ2) is 6.25. The van der Waals surface area contributed by atoms with Gasteiger partial charge in [0.25, 0.3) is 5.82 Å². The standard InChI is InChI=1S/C17H18Cl2N4O2/c1-17(10-4-2-3-5-10)7-9-6-12(14(19)13(18)11(9)8-17)25-16(24)15-20-22-23-21-15/h6,10H,2-5,7-8H2,1H3,(H,20,21,22,23). The van der Waals surface area contributed by atoms with Crippen LogP contribution in [-0.2, 0) is 12.8 Å². The highest BCUT2D eigenvalue weighted by Gasteiger charge is 2.42. The Morgan fingerprint density at radius 3 is 2.72 bits per heavy atom. The van der Waals surface area contributed by atoms with Gasteiger partial charge in [0, 0.05) is 0 Å². The van der Waals surface area contributed by atoms with Crippen LogP contribution in [-0.4, -0.2) is 26.6 Å². The molecule has 0 saturated heterocycles. The van der Waals surface area contributed by atoms with E-state index in [9.17, 15) is 4.79 Å². The molecule has 2 aliphatic rings. The van der Waals surface area contributed by atoms with Crippen molar-refractivity contribution in [1.82, 2.24) is 20.6 Å². The number of ether oxygens (including phenoxy) is 1. The molecule has 1 atom stereocenters. The second-order valence-corrected chi connectivity index (χ2v) is 8.02. The molecule has 1 saturated carbocycles. The van der Waals surface area contributed by atoms with Crippen molar-refractivity contribution in [2.24, 2.45) is 11.3 Å². The monoisotopic (exact) mass is 380 g/mol. The van der Waals surface area contributed by atoms with E-state index in [4.69, 9.17) is 27.9 Å². The maximum Gasteiger partial charge on any atom is 0.383 e. The van der Waals surface area contributed by atoms with Gasteiger partial charge in [0.2, 0.25) is 0 Å². The summed E-state index contributed by atoms with van der Waals surface area (Å²) in [6.07, 6.45) is 7.01. The Morgan fingerprint density at radius 2 is 2.04 bits per heavy atom. The van der Waals surface area contributed by atoms with Crippen LogP contribution in [0.15, 0.2) is 6.07 Å². The molecular formula is C17H18Cl2N4O2. The van der Waals surface area contributed by atoms with Crippen LogP contribution in [0.1, 0.15) is 54.4 Å². The first kappa shape index (κ1) is 16.8. The fraction of sp³-hybridized carbons (Fsp3) is 0.529. The summed E-state index contributed by atoms with van der Waals surface area (Å²) >= 11 is 12.9. The minimum absolute atomic E-state index is 0.0801. The van der Waals surface area contributed by atoms with Crippen molar-refractivity contribution in [3.8, 4) is 5.75 Å². The van der Waals surface area contributed by atoms with Gasteiger partial charge in [0.15, 0.2) is 5.75 Å². The molecule has 1 unspecified atom stereocenters. The molecule has 1 aromatic carbocycles. The number of nitrogens with one attached hydrogen (secondary N) is 1. The molecule has 0 spiro atoms. The third kappa shape index (κ3) is 2.91. The van der Waals surface area contributed by atoms with E-state index in [1.807, 2.05) is 6.07 Å². The van der Waals surface area contributed by atoms with Gasteiger partial charge in [-0.2, -0.15) is 0 Å². The van der Waals surface area contributed by atoms with E-state index >= 15 is 0 Å². The molecule has 4 rings (SSSR count). The zero-order valence-electron chi connectivity index (χ0n) is 13.8. The summed E-state index contributed by atoms with van der Waals surface area (Å²) in [5.41, 5.74) is 2.40. The van der Waals surface area contributed by atoms with Crippen LogP contribution < -0.4 is 4.74 Å². The molecule has 0 radical (unpaired) electrons. The lowest BCUT2D eigenvalue weighted by atomic mass is 9.74. The number of nitrogens with zero attached hydrogens (tertiary/aromatic N) is 3. The molecule has 2 aliphatic carbocycles. The van der Waals surface area contributed by atoms with Crippen molar-refractivity contribution in [2.75, 3.05) is 0 Å². The first-order chi connectivity index (χ1) is 12.0. The van der Waals surface area contributed by atoms with Gasteiger partial charge in [-0.15, -0.1) is 5.10 Å². The Hall–Kier alpha value is -1.66. The number of H-pyrrole nitrogens is 1. The topological polar surface area (TPSA) is 80.8 Å². The number of esters is 1. The quantitative estimate of drug-likeness (QED) is 0.642. The number of halogens is 2. The SMILES string of the molecule is CC1(C2CCCC2)Cc2cc(OC(=O)c3nnn[nH]3)c(Cl)c(Cl)c2C1. The van der Waals surface area contributed by atoms with Gasteiger partial charge in [-0.25, -0.2) is 9.89 Å². The predicted octanol–water partition coefficient (Wildman–Crippen LogP) is 4.02. The number of aromatic nitrogens is 4. The van der Waals surface area contributed by atoms with Crippen LogP contribution in [0.5, 0.6) is 5.75 Å². The zero-order chi connectivity index (χ0) is 17.6. The lowest BCUT2D eigenvalue weighted by Crippen LogP contribution is -2.26. The highest BCUT2D eigenvalue weighted by molar-refractivity contribution is 6.43. The Labute approximate surface area is 155 Å². The summed E-state index contributed by atoms with van der Waals surface area (Å²) in [7, 11) is 0. The Balaban J connectivity index is 1.63. The minimum atomic E-state index is -0.695. The van der Waals surface area contributed by atoms with Crippen LogP contribution in [0.25, 0.3) is 0 Å². The number of aromatic amines is 1. The number of benzene rings is 1. The first-order valence-corrected chi connectivity index (χ1v) is 9.19. The van der Waals surface area contributed by atoms with Gasteiger partial charge in [0.1, 0.15) is 5.02 Å². The molecule has 25 heavy (non-hydrogen) atoms. The maximum atomic E-state index is 12.1. The summed E-state index contributed by atoms with van der Waals surface area (Å²) in [5.74, 6) is 0.187. The second-order valence-electron chi connectivity index (χ2n) is 7.27. The largest absolute Gasteiger partial charge is 0.419 e. The Morgan fingerprint density at radius 1 is 1.28 bits per heavy atom. The van der Waals surface area contributed by atoms with Gasteiger partial charge in [-0.1, -0.05) is 43.0 Å². The Kier molecular flexibility index (Phi) is 4.20. The lowest BCUT2D eigenvalue weighted by Gasteiger charge is -2.31. The fourth-order valence-electron chi connectivity index (χ4n) is 4.32. The van der Waals surface area contributed by atoms with Crippen LogP contribution in [0.4, 0.5) is 0 Å². The van der Waals surface area contributed by atoms with E-state index in [0.717, 1.165) is 24.0 Å². The van der Waals surface area contributed by atoms with Crippen LogP contribution >= 0.6 is 23.2 Å². The third-order valence-corrected chi connectivity index (χ3v) is 6.51. The molecule has 132 valence electrons. The molecule has 1 N–H and O–H groups in total. The van der Waals surface area contributed by atoms with E-state index in [1.165, 1.54) is 25.7 Å². The first-order valence-electron chi connectivity index (χ1n) is 8.43. The summed E-state index contributed by atoms with van der Waals surface area (Å²) < 4.78 is 5.36. The van der Waals surface area contributed by atoms with Crippen molar-refractivity contribution >= 4 is 29.2 Å². The summed E-state index contributed by atoms with van der Waals surface area (Å²) in [5, 5.41) is 13.4. The summed E-state index contributed by atoms with van der Waals surface area (Å²) in [6, 6.07) is 1.84. The van der Waals surface area contributed by atoms with E-state index in [0.29, 0.717) is 10.9 Å². The highest BCUT2D eigenvalue weighted by atomic mass is 35.5. The molecule has 1 fully saturated rings. The number of hydrogen-bond acceptors (Lipinski definition) is 5. The fourth-order valence-corrected chi connectivity index (χ4v) is 4.81. The summed E-state index contributed by atoms with van der Waals surface area (Å²) in [6.45, 7) is 2.33. The van der Waals surface area contributed by atoms with Gasteiger partial charge in [-0.05, 0) is 64.6 Å². The zero-order valence-corrected chi connectivity index (χ0v) is 15.3. The third-order valence-electron chi connectivity index (χ3n) is 5.62. The number of rotatable bonds is 3. The molecule has 6 nitrogen and oxygen atoms in total. The molecule has 0 bridgehead atoms. The smallest absolute Gasteiger partial charge is 0.383 e. The molecular weight excluding hydrogens is 363 g/mol. The van der Waals surface area contributed by atoms with Crippen molar-refractivity contribution in [3.63, 3.8) is 0 Å². The molecule has 1 aromatic heterocycles. The molecule has 8 heteroatoms. The lowest BCUT2D eigenvalue weighted by molar-refractivity contribution is 0.0722. The van der Waals surface area contributed by atoms with Gasteiger partial charge < -0.3 is 4.74 Å². The predicted molar refractivity (Wildman–Crippen MR) is 93.1 cm³/mol. The minimum Gasteiger partial charge on any atom is -0.419 e. The summed E-state index contributed by atoms with van der Waals surface area (Å²) in [4.78, 5) is 12.1. The van der Waals surface area contributed by atoms with E-state index < -0.39 is 5.97 Å². The van der Waals surface area contributed by atoms with Gasteiger partial charge >= 0.3 is 5.97 Å². The van der Waals surface area contributed by atoms with Crippen molar-refractivity contribution in [3.05, 3.63) is 33.1 Å². The Bertz CT molecular complexity index is 819. The average Bonchev–Trinajstić information content (AvgIpc) is 3.32. The van der Waals surface area contributed by atoms with Crippen LogP contribution in [0, 0.1) is 11.3 Å².